The van der Waals surface area contributed by atoms with Crippen molar-refractivity contribution in [1.82, 2.24) is 14.5 Å². The fourth-order valence-corrected chi connectivity index (χ4v) is 3.00. The molecule has 0 saturated heterocycles. The number of nitrogens with zero attached hydrogens (tertiary/aromatic N) is 3. The lowest BCUT2D eigenvalue weighted by Gasteiger charge is -2.15. The molecule has 2 rings (SSSR count). The lowest BCUT2D eigenvalue weighted by Crippen LogP contribution is -2.22. The number of halogens is 2. The minimum atomic E-state index is -1.09. The Morgan fingerprint density at radius 2 is 2.00 bits per heavy atom. The van der Waals surface area contributed by atoms with E-state index in [0.29, 0.717) is 22.8 Å². The zero-order chi connectivity index (χ0) is 14.9. The highest BCUT2D eigenvalue weighted by Crippen LogP contribution is 2.29. The number of ether oxygens (including phenoxy) is 1. The number of nitrogen functional groups attached to an aromatic ring is 1. The van der Waals surface area contributed by atoms with Crippen molar-refractivity contribution < 1.29 is 4.74 Å². The van der Waals surface area contributed by atoms with Crippen molar-refractivity contribution in [3.8, 4) is 0 Å². The van der Waals surface area contributed by atoms with Gasteiger partial charge in [0.25, 0.3) is 0 Å². The highest BCUT2D eigenvalue weighted by molar-refractivity contribution is 6.76. The van der Waals surface area contributed by atoms with Crippen molar-refractivity contribution in [2.24, 2.45) is 0 Å². The lowest BCUT2D eigenvalue weighted by molar-refractivity contribution is 0.0899. The van der Waals surface area contributed by atoms with Crippen LogP contribution in [-0.2, 0) is 11.5 Å². The second kappa shape index (κ2) is 5.89. The number of nitrogens with two attached hydrogens (primary N) is 1. The standard InChI is InChI=1S/C12H18Cl2N4OSi/c1-20(2,3)5-4-19-7-18-6-8(13)9-10(15)16-12(14)17-11(9)18/h6H,4-5,7H2,1-3H3,(H2,15,16,17). The van der Waals surface area contributed by atoms with Gasteiger partial charge in [-0.3, -0.25) is 0 Å². The average molecular weight is 333 g/mol. The van der Waals surface area contributed by atoms with Gasteiger partial charge in [0.05, 0.1) is 10.4 Å². The van der Waals surface area contributed by atoms with Crippen molar-refractivity contribution in [3.05, 3.63) is 16.5 Å². The van der Waals surface area contributed by atoms with Crippen LogP contribution in [-0.4, -0.2) is 29.2 Å². The van der Waals surface area contributed by atoms with E-state index in [9.17, 15) is 0 Å². The van der Waals surface area contributed by atoms with Gasteiger partial charge in [0.1, 0.15) is 12.5 Å². The van der Waals surface area contributed by atoms with Crippen LogP contribution < -0.4 is 5.73 Å². The van der Waals surface area contributed by atoms with Crippen molar-refractivity contribution in [2.75, 3.05) is 12.3 Å². The number of aromatic nitrogens is 3. The summed E-state index contributed by atoms with van der Waals surface area (Å²) in [4.78, 5) is 8.07. The topological polar surface area (TPSA) is 66.0 Å². The fourth-order valence-electron chi connectivity index (χ4n) is 1.78. The van der Waals surface area contributed by atoms with Crippen LogP contribution in [0.4, 0.5) is 5.82 Å². The number of hydrogen-bond donors (Lipinski definition) is 1. The Morgan fingerprint density at radius 3 is 2.65 bits per heavy atom. The molecule has 2 aromatic rings. The Morgan fingerprint density at radius 1 is 1.30 bits per heavy atom. The lowest BCUT2D eigenvalue weighted by atomic mass is 10.4. The third kappa shape index (κ3) is 3.63. The number of fused-ring (bicyclic) bond motifs is 1. The smallest absolute Gasteiger partial charge is 0.226 e. The van der Waals surface area contributed by atoms with E-state index in [0.717, 1.165) is 12.7 Å². The highest BCUT2D eigenvalue weighted by atomic mass is 35.5. The van der Waals surface area contributed by atoms with Gasteiger partial charge in [-0.25, -0.2) is 4.98 Å². The molecule has 2 aromatic heterocycles. The normalized spacial score (nSPS) is 12.2. The van der Waals surface area contributed by atoms with Crippen LogP contribution in [0.1, 0.15) is 0 Å². The molecule has 0 aliphatic rings. The zero-order valence-corrected chi connectivity index (χ0v) is 14.3. The first kappa shape index (κ1) is 15.6. The molecule has 110 valence electrons. The molecule has 5 nitrogen and oxygen atoms in total. The molecule has 20 heavy (non-hydrogen) atoms. The van der Waals surface area contributed by atoms with Crippen molar-refractivity contribution in [1.29, 1.82) is 0 Å². The summed E-state index contributed by atoms with van der Waals surface area (Å²) in [5.74, 6) is 0.283. The van der Waals surface area contributed by atoms with Crippen molar-refractivity contribution >= 4 is 48.1 Å². The molecule has 0 aliphatic heterocycles. The third-order valence-corrected chi connectivity index (χ3v) is 5.06. The summed E-state index contributed by atoms with van der Waals surface area (Å²) < 4.78 is 7.49. The molecule has 0 radical (unpaired) electrons. The average Bonchev–Trinajstić information content (AvgIpc) is 2.60. The molecule has 8 heteroatoms. The van der Waals surface area contributed by atoms with Gasteiger partial charge >= 0.3 is 0 Å². The second-order valence-corrected chi connectivity index (χ2v) is 12.2. The van der Waals surface area contributed by atoms with E-state index in [1.165, 1.54) is 0 Å². The zero-order valence-electron chi connectivity index (χ0n) is 11.8. The molecule has 0 aromatic carbocycles. The van der Waals surface area contributed by atoms with Crippen LogP contribution in [0.25, 0.3) is 11.0 Å². The Bertz CT molecular complexity index is 624. The first-order valence-corrected chi connectivity index (χ1v) is 10.8. The molecule has 2 N–H and O–H groups in total. The van der Waals surface area contributed by atoms with Crippen LogP contribution in [0.3, 0.4) is 0 Å². The molecule has 0 amide bonds. The monoisotopic (exact) mass is 332 g/mol. The number of hydrogen-bond acceptors (Lipinski definition) is 4. The predicted molar refractivity (Wildman–Crippen MR) is 86.1 cm³/mol. The third-order valence-electron chi connectivity index (χ3n) is 2.90. The van der Waals surface area contributed by atoms with Gasteiger partial charge in [0, 0.05) is 20.9 Å². The predicted octanol–water partition coefficient (Wildman–Crippen LogP) is 3.63. The van der Waals surface area contributed by atoms with Crippen LogP contribution >= 0.6 is 23.2 Å². The number of rotatable bonds is 5. The van der Waals surface area contributed by atoms with Crippen LogP contribution in [0, 0.1) is 0 Å². The minimum Gasteiger partial charge on any atom is -0.383 e. The Hall–Kier alpha value is -0.823. The summed E-state index contributed by atoms with van der Waals surface area (Å²) in [7, 11) is -1.09. The molecule has 2 heterocycles. The van der Waals surface area contributed by atoms with Gasteiger partial charge in [-0.15, -0.1) is 0 Å². The van der Waals surface area contributed by atoms with Gasteiger partial charge in [-0.2, -0.15) is 4.98 Å². The summed E-state index contributed by atoms with van der Waals surface area (Å²) >= 11 is 12.0. The molecule has 0 unspecified atom stereocenters. The maximum absolute atomic E-state index is 6.15. The maximum Gasteiger partial charge on any atom is 0.226 e. The second-order valence-electron chi connectivity index (χ2n) is 5.87. The Kier molecular flexibility index (Phi) is 4.58. The van der Waals surface area contributed by atoms with Crippen molar-refractivity contribution in [2.45, 2.75) is 32.4 Å². The molecule has 0 saturated carbocycles. The van der Waals surface area contributed by atoms with E-state index in [-0.39, 0.29) is 11.1 Å². The molecule has 0 bridgehead atoms. The first-order valence-electron chi connectivity index (χ1n) is 6.33. The highest BCUT2D eigenvalue weighted by Gasteiger charge is 2.15. The van der Waals surface area contributed by atoms with Crippen LogP contribution in [0.2, 0.25) is 36.0 Å². The SMILES string of the molecule is C[Si](C)(C)CCOCn1cc(Cl)c2c(N)nc(Cl)nc21. The van der Waals surface area contributed by atoms with Gasteiger partial charge in [-0.05, 0) is 17.6 Å². The first-order chi connectivity index (χ1) is 9.28. The van der Waals surface area contributed by atoms with E-state index in [2.05, 4.69) is 29.6 Å². The van der Waals surface area contributed by atoms with E-state index >= 15 is 0 Å². The summed E-state index contributed by atoms with van der Waals surface area (Å²) in [5, 5.41) is 1.22. The largest absolute Gasteiger partial charge is 0.383 e. The molecule has 0 spiro atoms. The van der Waals surface area contributed by atoms with E-state index in [4.69, 9.17) is 33.7 Å². The minimum absolute atomic E-state index is 0.105. The molecule has 0 aliphatic carbocycles. The van der Waals surface area contributed by atoms with E-state index in [1.54, 1.807) is 10.8 Å². The Labute approximate surface area is 129 Å². The number of anilines is 1. The summed E-state index contributed by atoms with van der Waals surface area (Å²) in [6.45, 7) is 8.03. The van der Waals surface area contributed by atoms with Crippen molar-refractivity contribution in [3.63, 3.8) is 0 Å². The van der Waals surface area contributed by atoms with E-state index < -0.39 is 8.07 Å². The van der Waals surface area contributed by atoms with Gasteiger partial charge in [-0.1, -0.05) is 31.2 Å². The quantitative estimate of drug-likeness (QED) is 0.515. The van der Waals surface area contributed by atoms with Gasteiger partial charge in [0.15, 0.2) is 5.65 Å². The van der Waals surface area contributed by atoms with Gasteiger partial charge in [0.2, 0.25) is 5.28 Å². The molecular formula is C12H18Cl2N4OSi. The molecule has 0 fully saturated rings. The van der Waals surface area contributed by atoms with E-state index in [1.807, 2.05) is 0 Å². The fraction of sp³-hybridized carbons (Fsp3) is 0.500. The summed E-state index contributed by atoms with van der Waals surface area (Å²) in [6.07, 6.45) is 1.74. The van der Waals surface area contributed by atoms with Crippen LogP contribution in [0.5, 0.6) is 0 Å². The molecule has 0 atom stereocenters. The van der Waals surface area contributed by atoms with Crippen LogP contribution in [0.15, 0.2) is 6.20 Å². The molecular weight excluding hydrogens is 315 g/mol. The Balaban J connectivity index is 2.15. The summed E-state index contributed by atoms with van der Waals surface area (Å²) in [5.41, 5.74) is 6.41. The van der Waals surface area contributed by atoms with Gasteiger partial charge < -0.3 is 15.0 Å². The summed E-state index contributed by atoms with van der Waals surface area (Å²) in [6, 6.07) is 1.11. The maximum atomic E-state index is 6.15.